The number of para-hydroxylation sites is 1. The van der Waals surface area contributed by atoms with E-state index >= 15 is 0 Å². The second-order valence-electron chi connectivity index (χ2n) is 6.56. The highest BCUT2D eigenvalue weighted by atomic mass is 32.2. The number of thioether (sulfide) groups is 1. The van der Waals surface area contributed by atoms with Crippen molar-refractivity contribution in [2.45, 2.75) is 19.8 Å². The third-order valence-electron chi connectivity index (χ3n) is 4.37. The van der Waals surface area contributed by atoms with Crippen LogP contribution in [0.2, 0.25) is 0 Å². The highest BCUT2D eigenvalue weighted by molar-refractivity contribution is 8.14. The van der Waals surface area contributed by atoms with Gasteiger partial charge >= 0.3 is 5.97 Å². The van der Waals surface area contributed by atoms with Crippen LogP contribution >= 0.6 is 11.8 Å². The smallest absolute Gasteiger partial charge is 0.338 e. The lowest BCUT2D eigenvalue weighted by molar-refractivity contribution is -0.113. The average molecular weight is 412 g/mol. The summed E-state index contributed by atoms with van der Waals surface area (Å²) < 4.78 is 4.96. The lowest BCUT2D eigenvalue weighted by atomic mass is 10.2. The van der Waals surface area contributed by atoms with Crippen LogP contribution in [0.4, 0.5) is 11.4 Å². The largest absolute Gasteiger partial charge is 0.462 e. The Labute approximate surface area is 175 Å². The van der Waals surface area contributed by atoms with Gasteiger partial charge in [-0.1, -0.05) is 30.0 Å². The summed E-state index contributed by atoms with van der Waals surface area (Å²) in [6, 6.07) is 16.5. The number of esters is 1. The van der Waals surface area contributed by atoms with Crippen LogP contribution in [-0.2, 0) is 9.53 Å². The first kappa shape index (κ1) is 20.9. The molecule has 0 aromatic heterocycles. The second-order valence-corrected chi connectivity index (χ2v) is 7.50. The van der Waals surface area contributed by atoms with Crippen LogP contribution in [-0.4, -0.2) is 47.4 Å². The molecule has 0 aliphatic carbocycles. The van der Waals surface area contributed by atoms with Gasteiger partial charge in [0.05, 0.1) is 23.6 Å². The number of carbonyl (C=O) groups excluding carboxylic acids is 2. The van der Waals surface area contributed by atoms with Crippen molar-refractivity contribution in [3.05, 3.63) is 60.2 Å². The maximum atomic E-state index is 12.4. The zero-order valence-electron chi connectivity index (χ0n) is 16.5. The zero-order chi connectivity index (χ0) is 20.5. The quantitative estimate of drug-likeness (QED) is 0.435. The van der Waals surface area contributed by atoms with Crippen molar-refractivity contribution in [1.29, 1.82) is 0 Å². The number of rotatable bonds is 6. The van der Waals surface area contributed by atoms with Crippen molar-refractivity contribution in [3.63, 3.8) is 0 Å². The van der Waals surface area contributed by atoms with Gasteiger partial charge < -0.3 is 15.0 Å². The van der Waals surface area contributed by atoms with Gasteiger partial charge in [-0.2, -0.15) is 0 Å². The summed E-state index contributed by atoms with van der Waals surface area (Å²) in [7, 11) is 0. The van der Waals surface area contributed by atoms with Gasteiger partial charge in [0.25, 0.3) is 0 Å². The topological polar surface area (TPSA) is 71.0 Å². The van der Waals surface area contributed by atoms with Crippen LogP contribution in [0, 0.1) is 0 Å². The minimum absolute atomic E-state index is 0.112. The molecule has 2 aromatic rings. The van der Waals surface area contributed by atoms with Crippen LogP contribution in [0.15, 0.2) is 59.6 Å². The van der Waals surface area contributed by atoms with E-state index in [4.69, 9.17) is 9.73 Å². The summed E-state index contributed by atoms with van der Waals surface area (Å²) in [5.74, 6) is -0.214. The molecular formula is C22H25N3O3S. The number of hydrogen-bond donors (Lipinski definition) is 1. The molecule has 2 aromatic carbocycles. The summed E-state index contributed by atoms with van der Waals surface area (Å²) in [6.45, 7) is 4.03. The van der Waals surface area contributed by atoms with Crippen LogP contribution in [0.1, 0.15) is 30.1 Å². The summed E-state index contributed by atoms with van der Waals surface area (Å²) in [5.41, 5.74) is 1.99. The minimum Gasteiger partial charge on any atom is -0.462 e. The van der Waals surface area contributed by atoms with E-state index in [0.717, 1.165) is 36.8 Å². The SMILES string of the molecule is CCOC(=O)c1ccc(NC(=O)CSC(=Nc2ccccc2)N2CCCC2)cc1. The van der Waals surface area contributed by atoms with E-state index in [1.807, 2.05) is 30.3 Å². The minimum atomic E-state index is -0.367. The number of aliphatic imine (C=N–C) groups is 1. The van der Waals surface area contributed by atoms with Crippen molar-refractivity contribution in [2.75, 3.05) is 30.8 Å². The van der Waals surface area contributed by atoms with Gasteiger partial charge in [0.2, 0.25) is 5.91 Å². The van der Waals surface area contributed by atoms with Crippen LogP contribution in [0.3, 0.4) is 0 Å². The Balaban J connectivity index is 1.58. The first-order valence-electron chi connectivity index (χ1n) is 9.74. The van der Waals surface area contributed by atoms with Crippen LogP contribution in [0.25, 0.3) is 0 Å². The molecule has 29 heavy (non-hydrogen) atoms. The van der Waals surface area contributed by atoms with Gasteiger partial charge in [0.15, 0.2) is 5.17 Å². The van der Waals surface area contributed by atoms with E-state index < -0.39 is 0 Å². The normalized spacial score (nSPS) is 14.0. The molecule has 0 atom stereocenters. The van der Waals surface area contributed by atoms with E-state index in [0.29, 0.717) is 17.9 Å². The Morgan fingerprint density at radius 3 is 2.41 bits per heavy atom. The molecule has 0 radical (unpaired) electrons. The molecule has 6 nitrogen and oxygen atoms in total. The molecule has 1 saturated heterocycles. The predicted octanol–water partition coefficient (Wildman–Crippen LogP) is 4.32. The van der Waals surface area contributed by atoms with Gasteiger partial charge in [0, 0.05) is 18.8 Å². The van der Waals surface area contributed by atoms with Gasteiger partial charge in [-0.3, -0.25) is 4.79 Å². The number of nitrogens with zero attached hydrogens (tertiary/aromatic N) is 2. The first-order chi connectivity index (χ1) is 14.2. The lowest BCUT2D eigenvalue weighted by Crippen LogP contribution is -2.27. The fourth-order valence-electron chi connectivity index (χ4n) is 2.95. The molecule has 1 N–H and O–H groups in total. The van der Waals surface area contributed by atoms with Crippen molar-refractivity contribution in [3.8, 4) is 0 Å². The van der Waals surface area contributed by atoms with Gasteiger partial charge in [-0.15, -0.1) is 0 Å². The van der Waals surface area contributed by atoms with Crippen molar-refractivity contribution >= 4 is 40.2 Å². The number of benzene rings is 2. The van der Waals surface area contributed by atoms with Gasteiger partial charge in [-0.25, -0.2) is 9.79 Å². The molecule has 1 fully saturated rings. The standard InChI is InChI=1S/C22H25N3O3S/c1-2-28-21(27)17-10-12-19(13-11-17)23-20(26)16-29-22(25-14-6-7-15-25)24-18-8-4-3-5-9-18/h3-5,8-13H,2,6-7,14-16H2,1H3,(H,23,26). The molecule has 0 unspecified atom stereocenters. The summed E-state index contributed by atoms with van der Waals surface area (Å²) >= 11 is 1.45. The molecule has 1 aliphatic heterocycles. The molecule has 0 bridgehead atoms. The van der Waals surface area contributed by atoms with Crippen molar-refractivity contribution < 1.29 is 14.3 Å². The van der Waals surface area contributed by atoms with E-state index in [1.54, 1.807) is 31.2 Å². The van der Waals surface area contributed by atoms with Gasteiger partial charge in [-0.05, 0) is 56.2 Å². The molecule has 1 heterocycles. The Kier molecular flexibility index (Phi) is 7.69. The molecule has 0 spiro atoms. The molecule has 7 heteroatoms. The third-order valence-corrected chi connectivity index (χ3v) is 5.38. The Hall–Kier alpha value is -2.80. The summed E-state index contributed by atoms with van der Waals surface area (Å²) in [5, 5.41) is 3.74. The molecule has 0 saturated carbocycles. The first-order valence-corrected chi connectivity index (χ1v) is 10.7. The van der Waals surface area contributed by atoms with Crippen molar-refractivity contribution in [2.24, 2.45) is 4.99 Å². The number of anilines is 1. The number of nitrogens with one attached hydrogen (secondary N) is 1. The van der Waals surface area contributed by atoms with E-state index in [1.165, 1.54) is 11.8 Å². The number of ether oxygens (including phenoxy) is 1. The lowest BCUT2D eigenvalue weighted by Gasteiger charge is -2.19. The fourth-order valence-corrected chi connectivity index (χ4v) is 3.81. The molecule has 1 aliphatic rings. The van der Waals surface area contributed by atoms with E-state index in [-0.39, 0.29) is 17.6 Å². The predicted molar refractivity (Wildman–Crippen MR) is 118 cm³/mol. The highest BCUT2D eigenvalue weighted by Gasteiger charge is 2.18. The van der Waals surface area contributed by atoms with Crippen LogP contribution in [0.5, 0.6) is 0 Å². The number of hydrogen-bond acceptors (Lipinski definition) is 5. The third kappa shape index (κ3) is 6.35. The number of likely N-dealkylation sites (tertiary alicyclic amines) is 1. The fraction of sp³-hybridized carbons (Fsp3) is 0.318. The molecule has 3 rings (SSSR count). The molecule has 1 amide bonds. The van der Waals surface area contributed by atoms with Gasteiger partial charge in [0.1, 0.15) is 0 Å². The number of carbonyl (C=O) groups is 2. The maximum Gasteiger partial charge on any atom is 0.338 e. The second kappa shape index (κ2) is 10.7. The Bertz CT molecular complexity index is 847. The summed E-state index contributed by atoms with van der Waals surface area (Å²) in [4.78, 5) is 31.1. The number of amides is 1. The molecular weight excluding hydrogens is 386 g/mol. The average Bonchev–Trinajstić information content (AvgIpc) is 3.27. The van der Waals surface area contributed by atoms with E-state index in [9.17, 15) is 9.59 Å². The zero-order valence-corrected chi connectivity index (χ0v) is 17.3. The van der Waals surface area contributed by atoms with Crippen molar-refractivity contribution in [1.82, 2.24) is 4.90 Å². The highest BCUT2D eigenvalue weighted by Crippen LogP contribution is 2.21. The van der Waals surface area contributed by atoms with Crippen LogP contribution < -0.4 is 5.32 Å². The monoisotopic (exact) mass is 411 g/mol. The Morgan fingerprint density at radius 1 is 1.07 bits per heavy atom. The summed E-state index contributed by atoms with van der Waals surface area (Å²) in [6.07, 6.45) is 2.29. The number of amidine groups is 1. The molecule has 152 valence electrons. The van der Waals surface area contributed by atoms with E-state index in [2.05, 4.69) is 10.2 Å². The maximum absolute atomic E-state index is 12.4. The Morgan fingerprint density at radius 2 is 1.76 bits per heavy atom.